The van der Waals surface area contributed by atoms with Crippen LogP contribution >= 0.6 is 10.7 Å². The Kier molecular flexibility index (Phi) is 4.79. The summed E-state index contributed by atoms with van der Waals surface area (Å²) in [5.41, 5.74) is -1.75. The summed E-state index contributed by atoms with van der Waals surface area (Å²) in [5.74, 6) is 0. The minimum atomic E-state index is -5.08. The molecule has 0 saturated heterocycles. The first kappa shape index (κ1) is 17.2. The summed E-state index contributed by atoms with van der Waals surface area (Å²) in [7, 11) is -4.47. The van der Waals surface area contributed by atoms with Crippen molar-refractivity contribution in [2.24, 2.45) is 9.98 Å². The average Bonchev–Trinajstić information content (AvgIpc) is 2.30. The summed E-state index contributed by atoms with van der Waals surface area (Å²) in [6.07, 6.45) is 1.98. The largest absolute Gasteiger partial charge is 0.298 e. The van der Waals surface area contributed by atoms with Crippen LogP contribution in [0.15, 0.2) is 25.8 Å². The number of aryl methyl sites for hydroxylation is 1. The Morgan fingerprint density at radius 2 is 1.57 bits per heavy atom. The van der Waals surface area contributed by atoms with Gasteiger partial charge in [-0.15, -0.1) is 0 Å². The van der Waals surface area contributed by atoms with Gasteiger partial charge in [-0.2, -0.15) is 18.4 Å². The maximum Gasteiger partial charge on any atom is 0.298 e. The Morgan fingerprint density at radius 1 is 1.10 bits per heavy atom. The monoisotopic (exact) mass is 352 g/mol. The highest BCUT2D eigenvalue weighted by Crippen LogP contribution is 2.41. The van der Waals surface area contributed by atoms with Gasteiger partial charge in [-0.25, -0.2) is 18.0 Å². The summed E-state index contributed by atoms with van der Waals surface area (Å²) in [4.78, 5) is 24.7. The summed E-state index contributed by atoms with van der Waals surface area (Å²) < 4.78 is 54.8. The minimum absolute atomic E-state index is 0.130. The Labute approximate surface area is 123 Å². The van der Waals surface area contributed by atoms with Crippen molar-refractivity contribution in [1.82, 2.24) is 0 Å². The first-order valence-electron chi connectivity index (χ1n) is 4.79. The number of aliphatic imine (C=N–C) groups is 2. The van der Waals surface area contributed by atoms with Crippen molar-refractivity contribution in [3.05, 3.63) is 11.6 Å². The van der Waals surface area contributed by atoms with Gasteiger partial charge in [0.2, 0.25) is 12.2 Å². The van der Waals surface area contributed by atoms with Crippen molar-refractivity contribution in [3.8, 4) is 0 Å². The number of halogens is 1. The zero-order valence-electron chi connectivity index (χ0n) is 10.1. The summed E-state index contributed by atoms with van der Waals surface area (Å²) in [6, 6.07) is 0.837. The minimum Gasteiger partial charge on any atom is -0.282 e. The molecular weight excluding hydrogens is 348 g/mol. The zero-order chi connectivity index (χ0) is 16.4. The number of nitrogens with zero attached hydrogens (tertiary/aromatic N) is 2. The number of isocyanates is 2. The molecule has 0 atom stereocenters. The van der Waals surface area contributed by atoms with Gasteiger partial charge in [0.1, 0.15) is 21.2 Å². The van der Waals surface area contributed by atoms with Gasteiger partial charge in [-0.3, -0.25) is 4.55 Å². The summed E-state index contributed by atoms with van der Waals surface area (Å²) in [6.45, 7) is 1.20. The fourth-order valence-electron chi connectivity index (χ4n) is 1.50. The van der Waals surface area contributed by atoms with E-state index < -0.39 is 40.3 Å². The highest BCUT2D eigenvalue weighted by molar-refractivity contribution is 8.13. The maximum atomic E-state index is 11.4. The molecule has 0 fully saturated rings. The molecule has 12 heteroatoms. The van der Waals surface area contributed by atoms with Gasteiger partial charge in [0.25, 0.3) is 19.2 Å². The average molecular weight is 353 g/mol. The van der Waals surface area contributed by atoms with Crippen LogP contribution in [0.4, 0.5) is 11.4 Å². The Morgan fingerprint density at radius 3 is 1.95 bits per heavy atom. The van der Waals surface area contributed by atoms with E-state index in [9.17, 15) is 31.0 Å². The van der Waals surface area contributed by atoms with Crippen molar-refractivity contribution >= 4 is 53.4 Å². The van der Waals surface area contributed by atoms with Gasteiger partial charge in [0, 0.05) is 10.7 Å². The maximum absolute atomic E-state index is 11.4. The van der Waals surface area contributed by atoms with Crippen LogP contribution in [0.1, 0.15) is 5.56 Å². The Balaban J connectivity index is 4.26. The van der Waals surface area contributed by atoms with E-state index in [2.05, 4.69) is 9.98 Å². The topological polar surface area (TPSA) is 147 Å². The normalized spacial score (nSPS) is 11.4. The van der Waals surface area contributed by atoms with E-state index >= 15 is 0 Å². The molecule has 0 heterocycles. The third-order valence-corrected chi connectivity index (χ3v) is 4.46. The molecule has 0 spiro atoms. The van der Waals surface area contributed by atoms with Crippen LogP contribution in [0.2, 0.25) is 0 Å². The number of carbonyl (C=O) groups excluding carboxylic acids is 2. The first-order chi connectivity index (χ1) is 9.54. The van der Waals surface area contributed by atoms with Gasteiger partial charge in [-0.05, 0) is 18.6 Å². The van der Waals surface area contributed by atoms with Crippen LogP contribution in [0.25, 0.3) is 0 Å². The lowest BCUT2D eigenvalue weighted by atomic mass is 10.2. The molecule has 1 N–H and O–H groups in total. The molecule has 112 valence electrons. The highest BCUT2D eigenvalue weighted by atomic mass is 35.7. The van der Waals surface area contributed by atoms with Gasteiger partial charge in [-0.1, -0.05) is 0 Å². The molecule has 9 nitrogen and oxygen atoms in total. The lowest BCUT2D eigenvalue weighted by Crippen LogP contribution is -2.04. The lowest BCUT2D eigenvalue weighted by Gasteiger charge is -2.10. The van der Waals surface area contributed by atoms with Crippen molar-refractivity contribution in [1.29, 1.82) is 0 Å². The number of hydrogen-bond donors (Lipinski definition) is 1. The van der Waals surface area contributed by atoms with E-state index in [0.29, 0.717) is 0 Å². The Bertz CT molecular complexity index is 908. The number of benzene rings is 1. The SMILES string of the molecule is Cc1cc(S(=O)(=O)Cl)c(N=C=O)c(S(=O)(=O)O)c1N=C=O. The number of rotatable bonds is 4. The third-order valence-electron chi connectivity index (χ3n) is 2.22. The first-order valence-corrected chi connectivity index (χ1v) is 8.54. The molecule has 21 heavy (non-hydrogen) atoms. The second-order valence-corrected chi connectivity index (χ2v) is 7.43. The predicted molar refractivity (Wildman–Crippen MR) is 69.6 cm³/mol. The van der Waals surface area contributed by atoms with E-state index in [1.54, 1.807) is 0 Å². The molecule has 0 aliphatic carbocycles. The Hall–Kier alpha value is -1.87. The zero-order valence-corrected chi connectivity index (χ0v) is 12.5. The lowest BCUT2D eigenvalue weighted by molar-refractivity contribution is 0.483. The molecule has 0 bridgehead atoms. The standard InChI is InChI=1S/C9H5ClN2O7S2/c1-5-2-6(20(10,15)16)8(12-4-14)9(21(17,18)19)7(5)11-3-13/h2H,1H3,(H,17,18,19). The van der Waals surface area contributed by atoms with E-state index in [0.717, 1.165) is 18.2 Å². The third kappa shape index (κ3) is 3.61. The van der Waals surface area contributed by atoms with E-state index in [1.165, 1.54) is 6.92 Å². The summed E-state index contributed by atoms with van der Waals surface area (Å²) in [5, 5.41) is 0. The number of hydrogen-bond acceptors (Lipinski definition) is 8. The van der Waals surface area contributed by atoms with Crippen LogP contribution in [0.5, 0.6) is 0 Å². The molecule has 1 rings (SSSR count). The van der Waals surface area contributed by atoms with Gasteiger partial charge in [0.05, 0.1) is 0 Å². The van der Waals surface area contributed by atoms with Crippen LogP contribution in [0, 0.1) is 6.92 Å². The van der Waals surface area contributed by atoms with Crippen molar-refractivity contribution in [2.45, 2.75) is 16.7 Å². The van der Waals surface area contributed by atoms with Crippen molar-refractivity contribution in [2.75, 3.05) is 0 Å². The van der Waals surface area contributed by atoms with Gasteiger partial charge < -0.3 is 0 Å². The van der Waals surface area contributed by atoms with E-state index in [1.807, 2.05) is 0 Å². The van der Waals surface area contributed by atoms with Crippen molar-refractivity contribution in [3.63, 3.8) is 0 Å². The quantitative estimate of drug-likeness (QED) is 0.369. The molecule has 0 aliphatic heterocycles. The molecule has 1 aromatic rings. The highest BCUT2D eigenvalue weighted by Gasteiger charge is 2.30. The van der Waals surface area contributed by atoms with E-state index in [-0.39, 0.29) is 5.56 Å². The van der Waals surface area contributed by atoms with Crippen LogP contribution in [-0.4, -0.2) is 33.5 Å². The smallest absolute Gasteiger partial charge is 0.282 e. The molecule has 0 aromatic heterocycles. The van der Waals surface area contributed by atoms with Crippen LogP contribution in [0.3, 0.4) is 0 Å². The molecule has 0 aliphatic rings. The molecule has 0 radical (unpaired) electrons. The molecular formula is C9H5ClN2O7S2. The molecule has 0 amide bonds. The van der Waals surface area contributed by atoms with Gasteiger partial charge in [0.15, 0.2) is 0 Å². The molecule has 0 unspecified atom stereocenters. The molecule has 0 saturated carbocycles. The molecule has 1 aromatic carbocycles. The second kappa shape index (κ2) is 5.86. The fraction of sp³-hybridized carbons (Fsp3) is 0.111. The van der Waals surface area contributed by atoms with Crippen LogP contribution in [-0.2, 0) is 28.8 Å². The van der Waals surface area contributed by atoms with Crippen molar-refractivity contribution < 1.29 is 31.0 Å². The predicted octanol–water partition coefficient (Wildman–Crippen LogP) is 1.10. The van der Waals surface area contributed by atoms with Gasteiger partial charge >= 0.3 is 0 Å². The summed E-state index contributed by atoms with van der Waals surface area (Å²) >= 11 is 0. The van der Waals surface area contributed by atoms with E-state index in [4.69, 9.17) is 10.7 Å². The fourth-order valence-corrected chi connectivity index (χ4v) is 3.47. The van der Waals surface area contributed by atoms with Crippen LogP contribution < -0.4 is 0 Å². The second-order valence-electron chi connectivity index (χ2n) is 3.54.